The van der Waals surface area contributed by atoms with Gasteiger partial charge in [-0.3, -0.25) is 28.8 Å². The highest BCUT2D eigenvalue weighted by molar-refractivity contribution is 5.95. The fraction of sp³-hybridized carbons (Fsp3) is 0.667. The Kier molecular flexibility index (Phi) is 12.5. The van der Waals surface area contributed by atoms with Gasteiger partial charge in [0.05, 0.1) is 12.8 Å². The molecule has 0 spiro atoms. The number of aliphatic hydroxyl groups is 2. The van der Waals surface area contributed by atoms with Gasteiger partial charge in [-0.1, -0.05) is 0 Å². The molecular weight excluding hydrogens is 386 g/mol. The van der Waals surface area contributed by atoms with Crippen molar-refractivity contribution >= 4 is 35.1 Å². The van der Waals surface area contributed by atoms with Crippen molar-refractivity contribution in [3.05, 3.63) is 0 Å². The fourth-order valence-electron chi connectivity index (χ4n) is 2.30. The van der Waals surface area contributed by atoms with Gasteiger partial charge in [0.25, 0.3) is 5.91 Å². The van der Waals surface area contributed by atoms with E-state index >= 15 is 0 Å². The Morgan fingerprint density at radius 3 is 1.17 bits per heavy atom. The highest BCUT2D eigenvalue weighted by atomic mass is 16.3. The Morgan fingerprint density at radius 1 is 0.621 bits per heavy atom. The second-order valence-corrected chi connectivity index (χ2v) is 6.66. The molecule has 0 atom stereocenters. The molecular formula is C18H31N3O8. The van der Waals surface area contributed by atoms with E-state index in [1.165, 1.54) is 41.9 Å². The van der Waals surface area contributed by atoms with Gasteiger partial charge in [-0.05, 0) is 20.8 Å². The number of likely N-dealkylation sites (N-methyl/N-ethyl adjacent to an activating group) is 1. The number of rotatable bonds is 10. The van der Waals surface area contributed by atoms with Crippen LogP contribution in [0.25, 0.3) is 0 Å². The van der Waals surface area contributed by atoms with Gasteiger partial charge >= 0.3 is 0 Å². The van der Waals surface area contributed by atoms with Gasteiger partial charge in [-0.15, -0.1) is 0 Å². The van der Waals surface area contributed by atoms with Crippen molar-refractivity contribution in [2.45, 2.75) is 57.7 Å². The number of ketones is 3. The van der Waals surface area contributed by atoms with Crippen LogP contribution in [0.2, 0.25) is 0 Å². The van der Waals surface area contributed by atoms with Gasteiger partial charge in [0.2, 0.25) is 11.8 Å². The highest BCUT2D eigenvalue weighted by Gasteiger charge is 2.39. The molecule has 0 fully saturated rings. The molecule has 0 aromatic heterocycles. The normalized spacial score (nSPS) is 10.8. The van der Waals surface area contributed by atoms with Crippen molar-refractivity contribution in [3.8, 4) is 0 Å². The van der Waals surface area contributed by atoms with Crippen molar-refractivity contribution in [1.29, 1.82) is 0 Å². The molecule has 5 N–H and O–H groups in total. The average Bonchev–Trinajstić information content (AvgIpc) is 2.59. The lowest BCUT2D eigenvalue weighted by Gasteiger charge is -2.24. The summed E-state index contributed by atoms with van der Waals surface area (Å²) < 4.78 is 0. The average molecular weight is 417 g/mol. The Bertz CT molecular complexity index is 611. The highest BCUT2D eigenvalue weighted by Crippen LogP contribution is 2.18. The van der Waals surface area contributed by atoms with Gasteiger partial charge in [0, 0.05) is 34.0 Å². The molecule has 0 rings (SSSR count). The van der Waals surface area contributed by atoms with Gasteiger partial charge < -0.3 is 26.2 Å². The third-order valence-electron chi connectivity index (χ3n) is 3.85. The molecule has 166 valence electrons. The van der Waals surface area contributed by atoms with Crippen LogP contribution in [0.5, 0.6) is 0 Å². The lowest BCUT2D eigenvalue weighted by atomic mass is 9.88. The predicted octanol–water partition coefficient (Wildman–Crippen LogP) is -2.00. The van der Waals surface area contributed by atoms with Gasteiger partial charge in [0.15, 0.2) is 11.4 Å². The minimum absolute atomic E-state index is 0.290. The van der Waals surface area contributed by atoms with Crippen molar-refractivity contribution in [2.24, 2.45) is 0 Å². The molecule has 3 amide bonds. The molecule has 0 bridgehead atoms. The molecule has 0 radical (unpaired) electrons. The summed E-state index contributed by atoms with van der Waals surface area (Å²) in [7, 11) is 4.08. The van der Waals surface area contributed by atoms with Crippen LogP contribution in [0.3, 0.4) is 0 Å². The molecule has 0 aliphatic carbocycles. The SMILES string of the molecule is CC(=O)CC(O)(CC(C)=O)C(C)=O.CNC(=O)CC(O)(CC(=O)NC)C(=O)NC. The fourth-order valence-corrected chi connectivity index (χ4v) is 2.30. The first-order valence-corrected chi connectivity index (χ1v) is 8.75. The Hall–Kier alpha value is -2.66. The molecule has 0 aliphatic heterocycles. The molecule has 0 aliphatic rings. The van der Waals surface area contributed by atoms with Crippen LogP contribution >= 0.6 is 0 Å². The summed E-state index contributed by atoms with van der Waals surface area (Å²) in [5, 5.41) is 26.4. The maximum absolute atomic E-state index is 11.4. The first kappa shape index (κ1) is 28.5. The van der Waals surface area contributed by atoms with E-state index in [1.807, 2.05) is 0 Å². The molecule has 0 aromatic carbocycles. The summed E-state index contributed by atoms with van der Waals surface area (Å²) in [6.07, 6.45) is -1.50. The zero-order chi connectivity index (χ0) is 23.4. The molecule has 11 heteroatoms. The van der Waals surface area contributed by atoms with Crippen molar-refractivity contribution in [1.82, 2.24) is 16.0 Å². The maximum Gasteiger partial charge on any atom is 0.252 e. The number of nitrogens with one attached hydrogen (secondary N) is 3. The maximum atomic E-state index is 11.4. The monoisotopic (exact) mass is 417 g/mol. The first-order chi connectivity index (χ1) is 13.2. The largest absolute Gasteiger partial charge is 0.381 e. The van der Waals surface area contributed by atoms with E-state index in [4.69, 9.17) is 0 Å². The van der Waals surface area contributed by atoms with Crippen LogP contribution in [0.1, 0.15) is 46.5 Å². The lowest BCUT2D eigenvalue weighted by molar-refractivity contribution is -0.149. The van der Waals surface area contributed by atoms with Crippen molar-refractivity contribution in [3.63, 3.8) is 0 Å². The summed E-state index contributed by atoms with van der Waals surface area (Å²) >= 11 is 0. The summed E-state index contributed by atoms with van der Waals surface area (Å²) in [5.41, 5.74) is -3.81. The minimum Gasteiger partial charge on any atom is -0.381 e. The van der Waals surface area contributed by atoms with Crippen molar-refractivity contribution < 1.29 is 39.0 Å². The van der Waals surface area contributed by atoms with Crippen molar-refractivity contribution in [2.75, 3.05) is 21.1 Å². The quantitative estimate of drug-likeness (QED) is 0.271. The van der Waals surface area contributed by atoms with Crippen LogP contribution in [0, 0.1) is 0 Å². The van der Waals surface area contributed by atoms with E-state index in [-0.39, 0.29) is 24.4 Å². The molecule has 0 saturated heterocycles. The third-order valence-corrected chi connectivity index (χ3v) is 3.85. The van der Waals surface area contributed by atoms with E-state index in [0.717, 1.165) is 0 Å². The van der Waals surface area contributed by atoms with Crippen LogP contribution in [0.4, 0.5) is 0 Å². The van der Waals surface area contributed by atoms with E-state index in [2.05, 4.69) is 16.0 Å². The number of Topliss-reactive ketones (excluding diaryl/α,β-unsaturated/α-hetero) is 3. The van der Waals surface area contributed by atoms with E-state index < -0.39 is 47.5 Å². The number of carbonyl (C=O) groups is 6. The van der Waals surface area contributed by atoms with Gasteiger partial charge in [-0.25, -0.2) is 0 Å². The number of hydrogen-bond donors (Lipinski definition) is 5. The Balaban J connectivity index is 0. The molecule has 29 heavy (non-hydrogen) atoms. The summed E-state index contributed by atoms with van der Waals surface area (Å²) in [6.45, 7) is 3.72. The second-order valence-electron chi connectivity index (χ2n) is 6.66. The number of hydrogen-bond acceptors (Lipinski definition) is 8. The topological polar surface area (TPSA) is 179 Å². The van der Waals surface area contributed by atoms with Gasteiger partial charge in [-0.2, -0.15) is 0 Å². The summed E-state index contributed by atoms with van der Waals surface area (Å²) in [4.78, 5) is 66.1. The van der Waals surface area contributed by atoms with E-state index in [1.54, 1.807) is 0 Å². The molecule has 0 unspecified atom stereocenters. The molecule has 0 heterocycles. The summed E-state index contributed by atoms with van der Waals surface area (Å²) in [6, 6.07) is 0. The molecule has 0 saturated carbocycles. The van der Waals surface area contributed by atoms with Crippen LogP contribution in [-0.2, 0) is 28.8 Å². The molecule has 11 nitrogen and oxygen atoms in total. The van der Waals surface area contributed by atoms with Crippen LogP contribution in [0.15, 0.2) is 0 Å². The lowest BCUT2D eigenvalue weighted by Crippen LogP contribution is -2.50. The Morgan fingerprint density at radius 2 is 0.966 bits per heavy atom. The van der Waals surface area contributed by atoms with E-state index in [0.29, 0.717) is 0 Å². The zero-order valence-corrected chi connectivity index (χ0v) is 17.7. The van der Waals surface area contributed by atoms with Crippen LogP contribution < -0.4 is 16.0 Å². The van der Waals surface area contributed by atoms with Crippen LogP contribution in [-0.4, -0.2) is 77.6 Å². The smallest absolute Gasteiger partial charge is 0.252 e. The van der Waals surface area contributed by atoms with Gasteiger partial charge in [0.1, 0.15) is 17.2 Å². The zero-order valence-electron chi connectivity index (χ0n) is 17.7. The number of carbonyl (C=O) groups excluding carboxylic acids is 6. The predicted molar refractivity (Wildman–Crippen MR) is 103 cm³/mol. The second kappa shape index (κ2) is 12.7. The summed E-state index contributed by atoms with van der Waals surface area (Å²) in [5.74, 6) is -2.96. The minimum atomic E-state index is -2.02. The van der Waals surface area contributed by atoms with E-state index in [9.17, 15) is 39.0 Å². The standard InChI is InChI=1S/C9H17N3O4.C9H14O4/c1-10-6(13)4-9(16,8(15)12-3)5-7(14)11-2;1-6(10)4-9(13,8(3)12)5-7(2)11/h16H,4-5H2,1-3H3,(H,10,13)(H,11,14)(H,12,15);13H,4-5H2,1-3H3. The third kappa shape index (κ3) is 11.1. The molecule has 0 aromatic rings. The first-order valence-electron chi connectivity index (χ1n) is 8.75. The Labute approximate surface area is 169 Å². The number of amides is 3.